The second-order valence-corrected chi connectivity index (χ2v) is 12.9. The van der Waals surface area contributed by atoms with Gasteiger partial charge in [0, 0.05) is 24.0 Å². The highest BCUT2D eigenvalue weighted by Gasteiger charge is 2.67. The Morgan fingerprint density at radius 3 is 2.56 bits per heavy atom. The van der Waals surface area contributed by atoms with Crippen LogP contribution in [0.25, 0.3) is 0 Å². The van der Waals surface area contributed by atoms with Gasteiger partial charge in [-0.15, -0.1) is 6.58 Å². The van der Waals surface area contributed by atoms with Crippen LogP contribution in [0.5, 0.6) is 0 Å². The van der Waals surface area contributed by atoms with Gasteiger partial charge in [0.2, 0.25) is 0 Å². The molecule has 0 aromatic carbocycles. The zero-order valence-electron chi connectivity index (χ0n) is 22.1. The van der Waals surface area contributed by atoms with E-state index in [1.807, 2.05) is 6.08 Å². The van der Waals surface area contributed by atoms with E-state index in [2.05, 4.69) is 46.2 Å². The number of carboxylic acids is 1. The normalized spacial score (nSPS) is 40.0. The number of thioether (sulfide) groups is 1. The SMILES string of the molecule is C=C[C@]1(C)C[C@@H](OC(=O)CSc2ccc(C(=O)O)cn2)[C@@]2(C)C(C)CCC3(CCC(=O)C32)[C@@H](C)[C@@H]1C. The monoisotopic (exact) mass is 513 g/mol. The minimum Gasteiger partial charge on any atom is -0.478 e. The number of aromatic nitrogens is 1. The van der Waals surface area contributed by atoms with Crippen LogP contribution >= 0.6 is 11.8 Å². The van der Waals surface area contributed by atoms with Gasteiger partial charge in [0.25, 0.3) is 0 Å². The number of ether oxygens (including phenoxy) is 1. The molecule has 0 amide bonds. The quantitative estimate of drug-likeness (QED) is 0.281. The topological polar surface area (TPSA) is 93.6 Å². The van der Waals surface area contributed by atoms with Crippen molar-refractivity contribution in [1.29, 1.82) is 0 Å². The summed E-state index contributed by atoms with van der Waals surface area (Å²) in [6.07, 6.45) is 7.19. The first-order chi connectivity index (χ1) is 16.9. The van der Waals surface area contributed by atoms with Crippen LogP contribution in [-0.4, -0.2) is 39.7 Å². The molecule has 3 aliphatic rings. The van der Waals surface area contributed by atoms with Crippen molar-refractivity contribution in [3.05, 3.63) is 36.5 Å². The highest BCUT2D eigenvalue weighted by atomic mass is 32.2. The van der Waals surface area contributed by atoms with E-state index in [1.165, 1.54) is 24.0 Å². The van der Waals surface area contributed by atoms with Crippen molar-refractivity contribution in [3.63, 3.8) is 0 Å². The molecule has 1 aromatic rings. The third kappa shape index (κ3) is 4.21. The van der Waals surface area contributed by atoms with Crippen molar-refractivity contribution in [1.82, 2.24) is 4.98 Å². The van der Waals surface area contributed by atoms with Gasteiger partial charge in [-0.25, -0.2) is 9.78 Å². The summed E-state index contributed by atoms with van der Waals surface area (Å²) in [5, 5.41) is 9.63. The van der Waals surface area contributed by atoms with E-state index in [0.717, 1.165) is 19.3 Å². The number of hydrogen-bond donors (Lipinski definition) is 1. The number of Topliss-reactive ketones (excluding diaryl/α,β-unsaturated/α-hetero) is 1. The molecule has 0 aliphatic heterocycles. The number of carbonyl (C=O) groups excluding carboxylic acids is 2. The second-order valence-electron chi connectivity index (χ2n) is 11.9. The van der Waals surface area contributed by atoms with E-state index in [1.54, 1.807) is 6.07 Å². The molecule has 3 fully saturated rings. The standard InChI is InChI=1S/C29H39NO5S/c1-7-27(5)14-22(35-24(32)16-36-23-9-8-20(15-30-23)26(33)34)28(6)17(2)10-12-29(19(4)18(27)3)13-11-21(31)25(28)29/h7-9,15,17-19,22,25H,1,10-14,16H2,2-6H3,(H,33,34)/t17?,18-,19-,22+,25?,27+,28+,29?/m0/s1. The zero-order chi connectivity index (χ0) is 26.5. The average molecular weight is 514 g/mol. The maximum Gasteiger partial charge on any atom is 0.337 e. The van der Waals surface area contributed by atoms with Crippen LogP contribution in [0.1, 0.15) is 77.1 Å². The van der Waals surface area contributed by atoms with Gasteiger partial charge in [-0.3, -0.25) is 9.59 Å². The summed E-state index contributed by atoms with van der Waals surface area (Å²) in [7, 11) is 0. The molecule has 36 heavy (non-hydrogen) atoms. The van der Waals surface area contributed by atoms with Crippen LogP contribution in [0, 0.1) is 39.9 Å². The minimum absolute atomic E-state index is 0.0579. The molecule has 0 radical (unpaired) electrons. The molecule has 1 aromatic heterocycles. The summed E-state index contributed by atoms with van der Waals surface area (Å²) in [6, 6.07) is 3.08. The minimum atomic E-state index is -1.04. The van der Waals surface area contributed by atoms with Gasteiger partial charge in [0.15, 0.2) is 0 Å². The Morgan fingerprint density at radius 1 is 1.22 bits per heavy atom. The number of nitrogens with zero attached hydrogens (tertiary/aromatic N) is 1. The highest BCUT2D eigenvalue weighted by Crippen LogP contribution is 2.69. The van der Waals surface area contributed by atoms with E-state index < -0.39 is 17.5 Å². The molecule has 0 spiro atoms. The summed E-state index contributed by atoms with van der Waals surface area (Å²) in [6.45, 7) is 15.5. The number of ketones is 1. The van der Waals surface area contributed by atoms with Crippen molar-refractivity contribution < 1.29 is 24.2 Å². The number of carboxylic acid groups (broad SMARTS) is 1. The molecule has 3 aliphatic carbocycles. The maximum absolute atomic E-state index is 13.5. The molecular formula is C29H39NO5S. The fourth-order valence-electron chi connectivity index (χ4n) is 7.73. The molecule has 1 heterocycles. The van der Waals surface area contributed by atoms with Gasteiger partial charge >= 0.3 is 11.9 Å². The van der Waals surface area contributed by atoms with E-state index in [9.17, 15) is 14.4 Å². The van der Waals surface area contributed by atoms with Gasteiger partial charge in [-0.1, -0.05) is 52.5 Å². The highest BCUT2D eigenvalue weighted by molar-refractivity contribution is 7.99. The molecule has 6 nitrogen and oxygen atoms in total. The predicted molar refractivity (Wildman–Crippen MR) is 140 cm³/mol. The lowest BCUT2D eigenvalue weighted by Crippen LogP contribution is -2.61. The lowest BCUT2D eigenvalue weighted by molar-refractivity contribution is -0.196. The summed E-state index contributed by atoms with van der Waals surface area (Å²) in [4.78, 5) is 41.9. The van der Waals surface area contributed by atoms with Crippen LogP contribution in [0.2, 0.25) is 0 Å². The molecule has 2 bridgehead atoms. The van der Waals surface area contributed by atoms with Crippen molar-refractivity contribution in [3.8, 4) is 0 Å². The number of carbonyl (C=O) groups is 3. The third-order valence-electron chi connectivity index (χ3n) is 10.5. The number of hydrogen-bond acceptors (Lipinski definition) is 6. The van der Waals surface area contributed by atoms with Crippen molar-refractivity contribution in [2.45, 2.75) is 77.9 Å². The fraction of sp³-hybridized carbons (Fsp3) is 0.655. The Hall–Kier alpha value is -2.15. The second kappa shape index (κ2) is 9.62. The van der Waals surface area contributed by atoms with Gasteiger partial charge in [0.05, 0.1) is 16.3 Å². The Labute approximate surface area is 218 Å². The van der Waals surface area contributed by atoms with Crippen LogP contribution in [0.4, 0.5) is 0 Å². The third-order valence-corrected chi connectivity index (χ3v) is 11.5. The Morgan fingerprint density at radius 2 is 1.94 bits per heavy atom. The predicted octanol–water partition coefficient (Wildman–Crippen LogP) is 6.05. The van der Waals surface area contributed by atoms with Gasteiger partial charge in [-0.05, 0) is 66.4 Å². The van der Waals surface area contributed by atoms with Crippen molar-refractivity contribution in [2.24, 2.45) is 39.9 Å². The first kappa shape index (κ1) is 26.9. The molecule has 3 unspecified atom stereocenters. The first-order valence-electron chi connectivity index (χ1n) is 13.1. The van der Waals surface area contributed by atoms with E-state index in [-0.39, 0.29) is 40.0 Å². The molecule has 4 rings (SSSR count). The van der Waals surface area contributed by atoms with E-state index in [0.29, 0.717) is 35.5 Å². The number of esters is 1. The van der Waals surface area contributed by atoms with Gasteiger partial charge in [-0.2, -0.15) is 0 Å². The molecule has 0 saturated heterocycles. The first-order valence-corrected chi connectivity index (χ1v) is 14.1. The van der Waals surface area contributed by atoms with Crippen LogP contribution < -0.4 is 0 Å². The van der Waals surface area contributed by atoms with Gasteiger partial charge in [0.1, 0.15) is 11.9 Å². The average Bonchev–Trinajstić information content (AvgIpc) is 3.21. The summed E-state index contributed by atoms with van der Waals surface area (Å²) >= 11 is 1.23. The maximum atomic E-state index is 13.5. The Balaban J connectivity index is 1.63. The largest absolute Gasteiger partial charge is 0.478 e. The molecule has 1 N–H and O–H groups in total. The van der Waals surface area contributed by atoms with Gasteiger partial charge < -0.3 is 9.84 Å². The van der Waals surface area contributed by atoms with Crippen LogP contribution in [0.15, 0.2) is 36.0 Å². The smallest absolute Gasteiger partial charge is 0.337 e. The number of rotatable bonds is 6. The van der Waals surface area contributed by atoms with Crippen LogP contribution in [0.3, 0.4) is 0 Å². The lowest BCUT2D eigenvalue weighted by atomic mass is 9.42. The van der Waals surface area contributed by atoms with E-state index in [4.69, 9.17) is 9.84 Å². The van der Waals surface area contributed by atoms with Crippen molar-refractivity contribution >= 4 is 29.5 Å². The van der Waals surface area contributed by atoms with E-state index >= 15 is 0 Å². The fourth-order valence-corrected chi connectivity index (χ4v) is 8.36. The lowest BCUT2D eigenvalue weighted by Gasteiger charge is -2.62. The Bertz CT molecular complexity index is 1060. The Kier molecular flexibility index (Phi) is 7.19. The summed E-state index contributed by atoms with van der Waals surface area (Å²) < 4.78 is 6.32. The molecule has 8 atom stereocenters. The zero-order valence-corrected chi connectivity index (χ0v) is 22.9. The number of aromatic carboxylic acids is 1. The molecule has 7 heteroatoms. The number of allylic oxidation sites excluding steroid dienone is 1. The molecule has 196 valence electrons. The van der Waals surface area contributed by atoms with Crippen LogP contribution in [-0.2, 0) is 14.3 Å². The summed E-state index contributed by atoms with van der Waals surface area (Å²) in [5.41, 5.74) is -0.621. The summed E-state index contributed by atoms with van der Waals surface area (Å²) in [5.74, 6) is -0.144. The van der Waals surface area contributed by atoms with Crippen molar-refractivity contribution in [2.75, 3.05) is 5.75 Å². The molecular weight excluding hydrogens is 474 g/mol. The number of pyridine rings is 1. The molecule has 3 saturated carbocycles.